The Balaban J connectivity index is 1.56. The molecule has 0 radical (unpaired) electrons. The van der Waals surface area contributed by atoms with Crippen LogP contribution >= 0.6 is 11.3 Å². The van der Waals surface area contributed by atoms with Crippen molar-refractivity contribution in [3.63, 3.8) is 0 Å². The summed E-state index contributed by atoms with van der Waals surface area (Å²) >= 11 is 1.73. The molecule has 0 bridgehead atoms. The highest BCUT2D eigenvalue weighted by Gasteiger charge is 2.21. The first kappa shape index (κ1) is 20.5. The Morgan fingerprint density at radius 1 is 0.486 bits per heavy atom. The van der Waals surface area contributed by atoms with Crippen LogP contribution in [0.15, 0.2) is 128 Å². The van der Waals surface area contributed by atoms with Gasteiger partial charge in [-0.2, -0.15) is 0 Å². The Hall–Kier alpha value is -4.67. The first-order chi connectivity index (χ1) is 18.4. The molecular weight excluding hydrogens is 470 g/mol. The van der Waals surface area contributed by atoms with Crippen molar-refractivity contribution in [1.82, 2.24) is 14.1 Å². The number of hydrogen-bond acceptors (Lipinski definition) is 2. The second kappa shape index (κ2) is 7.92. The molecule has 37 heavy (non-hydrogen) atoms. The molecule has 3 aromatic heterocycles. The van der Waals surface area contributed by atoms with E-state index in [1.807, 2.05) is 12.3 Å². The maximum absolute atomic E-state index is 4.85. The van der Waals surface area contributed by atoms with Crippen LogP contribution in [0.25, 0.3) is 64.9 Å². The fourth-order valence-electron chi connectivity index (χ4n) is 5.66. The van der Waals surface area contributed by atoms with Crippen LogP contribution in [-0.4, -0.2) is 14.1 Å². The van der Waals surface area contributed by atoms with E-state index < -0.39 is 0 Å². The Kier molecular flexibility index (Phi) is 4.39. The molecule has 0 N–H and O–H groups in total. The predicted octanol–water partition coefficient (Wildman–Crippen LogP) is 9.00. The average Bonchev–Trinajstić information content (AvgIpc) is 3.66. The van der Waals surface area contributed by atoms with E-state index in [1.54, 1.807) is 11.3 Å². The third-order valence-electron chi connectivity index (χ3n) is 7.22. The van der Waals surface area contributed by atoms with Gasteiger partial charge in [-0.15, -0.1) is 0 Å². The summed E-state index contributed by atoms with van der Waals surface area (Å²) in [6, 6.07) is 43.1. The first-order valence-electron chi connectivity index (χ1n) is 12.4. The van der Waals surface area contributed by atoms with Crippen LogP contribution in [0.3, 0.4) is 0 Å². The highest BCUT2D eigenvalue weighted by molar-refractivity contribution is 7.17. The molecule has 174 valence electrons. The molecule has 8 rings (SSSR count). The van der Waals surface area contributed by atoms with Crippen LogP contribution in [0.1, 0.15) is 0 Å². The lowest BCUT2D eigenvalue weighted by Gasteiger charge is -2.11. The Labute approximate surface area is 217 Å². The zero-order valence-corrected chi connectivity index (χ0v) is 20.7. The van der Waals surface area contributed by atoms with Crippen molar-refractivity contribution >= 4 is 54.9 Å². The monoisotopic (exact) mass is 491 g/mol. The van der Waals surface area contributed by atoms with Gasteiger partial charge in [0.05, 0.1) is 28.3 Å². The highest BCUT2D eigenvalue weighted by Crippen LogP contribution is 2.42. The van der Waals surface area contributed by atoms with Crippen LogP contribution in [-0.2, 0) is 0 Å². The van der Waals surface area contributed by atoms with E-state index in [0.717, 1.165) is 21.3 Å². The van der Waals surface area contributed by atoms with Gasteiger partial charge >= 0.3 is 0 Å². The van der Waals surface area contributed by atoms with Gasteiger partial charge in [0.2, 0.25) is 0 Å². The van der Waals surface area contributed by atoms with Gasteiger partial charge in [-0.1, -0.05) is 108 Å². The smallest absolute Gasteiger partial charge is 0.125 e. The minimum Gasteiger partial charge on any atom is -0.307 e. The molecule has 3 heterocycles. The molecule has 0 amide bonds. The second-order valence-corrected chi connectivity index (χ2v) is 10.3. The SMILES string of the molecule is c1ccc(-c2ncc(-n3c4ccccc4c4ccc5c6ccccc6n(-c6ccccc6)c5c43)s2)cc1. The Morgan fingerprint density at radius 3 is 1.70 bits per heavy atom. The summed E-state index contributed by atoms with van der Waals surface area (Å²) in [6.45, 7) is 0. The molecule has 0 saturated carbocycles. The van der Waals surface area contributed by atoms with Gasteiger partial charge in [-0.25, -0.2) is 4.98 Å². The van der Waals surface area contributed by atoms with Crippen molar-refractivity contribution in [1.29, 1.82) is 0 Å². The number of thiazole rings is 1. The standard InChI is InChI=1S/C33H21N3S/c1-3-11-22(12-4-1)33-34-21-30(37-33)36-29-18-10-8-16-25(29)27-20-19-26-24-15-7-9-17-28(24)35(31(26)32(27)36)23-13-5-2-6-14-23/h1-21H. The normalized spacial score (nSPS) is 11.8. The predicted molar refractivity (Wildman–Crippen MR) is 156 cm³/mol. The summed E-state index contributed by atoms with van der Waals surface area (Å²) in [6.07, 6.45) is 2.02. The van der Waals surface area contributed by atoms with Gasteiger partial charge in [0.25, 0.3) is 0 Å². The van der Waals surface area contributed by atoms with E-state index in [-0.39, 0.29) is 0 Å². The average molecular weight is 492 g/mol. The summed E-state index contributed by atoms with van der Waals surface area (Å²) in [5, 5.41) is 7.15. The van der Waals surface area contributed by atoms with E-state index in [2.05, 4.69) is 124 Å². The Bertz CT molecular complexity index is 2080. The third-order valence-corrected chi connectivity index (χ3v) is 8.25. The lowest BCUT2D eigenvalue weighted by Crippen LogP contribution is -1.97. The summed E-state index contributed by atoms with van der Waals surface area (Å²) in [5.41, 5.74) is 7.13. The zero-order valence-electron chi connectivity index (χ0n) is 19.9. The lowest BCUT2D eigenvalue weighted by molar-refractivity contribution is 1.16. The number of benzene rings is 5. The fraction of sp³-hybridized carbons (Fsp3) is 0. The van der Waals surface area contributed by atoms with Gasteiger partial charge < -0.3 is 4.57 Å². The van der Waals surface area contributed by atoms with Crippen LogP contribution in [0.4, 0.5) is 0 Å². The van der Waals surface area contributed by atoms with Crippen molar-refractivity contribution in [2.45, 2.75) is 0 Å². The largest absolute Gasteiger partial charge is 0.307 e. The maximum Gasteiger partial charge on any atom is 0.125 e. The molecule has 0 saturated heterocycles. The van der Waals surface area contributed by atoms with Crippen molar-refractivity contribution in [2.24, 2.45) is 0 Å². The van der Waals surface area contributed by atoms with Gasteiger partial charge in [-0.05, 0) is 24.3 Å². The van der Waals surface area contributed by atoms with E-state index in [0.29, 0.717) is 0 Å². The molecule has 0 atom stereocenters. The third kappa shape index (κ3) is 2.97. The molecule has 0 spiro atoms. The number of aromatic nitrogens is 3. The molecule has 0 aliphatic carbocycles. The van der Waals surface area contributed by atoms with Gasteiger partial charge in [0, 0.05) is 32.8 Å². The summed E-state index contributed by atoms with van der Waals surface area (Å²) in [4.78, 5) is 4.85. The summed E-state index contributed by atoms with van der Waals surface area (Å²) in [7, 11) is 0. The number of fused-ring (bicyclic) bond motifs is 7. The van der Waals surface area contributed by atoms with Crippen LogP contribution in [0.2, 0.25) is 0 Å². The molecule has 8 aromatic rings. The molecule has 3 nitrogen and oxygen atoms in total. The van der Waals surface area contributed by atoms with Gasteiger partial charge in [0.1, 0.15) is 10.0 Å². The number of nitrogens with zero attached hydrogens (tertiary/aromatic N) is 3. The molecular formula is C33H21N3S. The topological polar surface area (TPSA) is 22.8 Å². The summed E-state index contributed by atoms with van der Waals surface area (Å²) in [5.74, 6) is 0. The van der Waals surface area contributed by atoms with Crippen molar-refractivity contribution in [3.8, 4) is 21.3 Å². The lowest BCUT2D eigenvalue weighted by atomic mass is 10.1. The molecule has 0 aliphatic rings. The van der Waals surface area contributed by atoms with Crippen molar-refractivity contribution in [2.75, 3.05) is 0 Å². The van der Waals surface area contributed by atoms with Crippen LogP contribution < -0.4 is 0 Å². The first-order valence-corrected chi connectivity index (χ1v) is 13.2. The quantitative estimate of drug-likeness (QED) is 0.242. The van der Waals surface area contributed by atoms with Crippen molar-refractivity contribution in [3.05, 3.63) is 128 Å². The Morgan fingerprint density at radius 2 is 1.03 bits per heavy atom. The van der Waals surface area contributed by atoms with Gasteiger partial charge in [0.15, 0.2) is 0 Å². The molecule has 4 heteroatoms. The van der Waals surface area contributed by atoms with E-state index in [1.165, 1.54) is 43.6 Å². The fourth-order valence-corrected chi connectivity index (χ4v) is 6.60. The highest BCUT2D eigenvalue weighted by atomic mass is 32.1. The molecule has 0 aliphatic heterocycles. The minimum absolute atomic E-state index is 1.03. The van der Waals surface area contributed by atoms with Crippen LogP contribution in [0, 0.1) is 0 Å². The van der Waals surface area contributed by atoms with Gasteiger partial charge in [-0.3, -0.25) is 4.57 Å². The summed E-state index contributed by atoms with van der Waals surface area (Å²) < 4.78 is 4.83. The van der Waals surface area contributed by atoms with Crippen molar-refractivity contribution < 1.29 is 0 Å². The van der Waals surface area contributed by atoms with Crippen LogP contribution in [0.5, 0.6) is 0 Å². The van der Waals surface area contributed by atoms with E-state index in [9.17, 15) is 0 Å². The molecule has 5 aromatic carbocycles. The number of para-hydroxylation sites is 3. The zero-order chi connectivity index (χ0) is 24.3. The number of rotatable bonds is 3. The maximum atomic E-state index is 4.85. The molecule has 0 unspecified atom stereocenters. The number of hydrogen-bond donors (Lipinski definition) is 0. The molecule has 0 fully saturated rings. The van der Waals surface area contributed by atoms with E-state index in [4.69, 9.17) is 4.98 Å². The second-order valence-electron chi connectivity index (χ2n) is 9.27. The minimum atomic E-state index is 1.03. The van der Waals surface area contributed by atoms with E-state index >= 15 is 0 Å².